The Kier molecular flexibility index (Phi) is 4.88. The SMILES string of the molecule is Cc1ccc2c(c1)c(=O)n(C)c1nnc(CN(Cc3ccccc3)Cc3ccco3)n21. The van der Waals surface area contributed by atoms with Crippen molar-refractivity contribution in [2.24, 2.45) is 7.05 Å². The number of rotatable bonds is 6. The normalized spacial score (nSPS) is 11.7. The fourth-order valence-electron chi connectivity index (χ4n) is 3.99. The fraction of sp³-hybridized carbons (Fsp3) is 0.208. The van der Waals surface area contributed by atoms with Gasteiger partial charge in [0, 0.05) is 13.6 Å². The summed E-state index contributed by atoms with van der Waals surface area (Å²) in [5.74, 6) is 2.20. The lowest BCUT2D eigenvalue weighted by atomic mass is 10.1. The highest BCUT2D eigenvalue weighted by Crippen LogP contribution is 2.19. The van der Waals surface area contributed by atoms with Crippen molar-refractivity contribution in [2.75, 3.05) is 0 Å². The van der Waals surface area contributed by atoms with E-state index in [9.17, 15) is 4.79 Å². The zero-order valence-electron chi connectivity index (χ0n) is 17.5. The van der Waals surface area contributed by atoms with Gasteiger partial charge in [0.25, 0.3) is 5.56 Å². The summed E-state index contributed by atoms with van der Waals surface area (Å²) < 4.78 is 9.14. The second-order valence-corrected chi connectivity index (χ2v) is 7.85. The second-order valence-electron chi connectivity index (χ2n) is 7.85. The first-order valence-electron chi connectivity index (χ1n) is 10.2. The van der Waals surface area contributed by atoms with E-state index in [4.69, 9.17) is 4.42 Å². The number of furan rings is 1. The van der Waals surface area contributed by atoms with Crippen LogP contribution in [-0.4, -0.2) is 24.1 Å². The van der Waals surface area contributed by atoms with Crippen molar-refractivity contribution in [1.82, 2.24) is 24.1 Å². The maximum Gasteiger partial charge on any atom is 0.262 e. The predicted octanol–water partition coefficient (Wildman–Crippen LogP) is 3.69. The van der Waals surface area contributed by atoms with E-state index >= 15 is 0 Å². The maximum absolute atomic E-state index is 12.8. The molecular formula is C24H23N5O2. The molecule has 0 amide bonds. The topological polar surface area (TPSA) is 68.6 Å². The van der Waals surface area contributed by atoms with Gasteiger partial charge in [0.2, 0.25) is 5.78 Å². The lowest BCUT2D eigenvalue weighted by Gasteiger charge is -2.21. The number of fused-ring (bicyclic) bond motifs is 3. The van der Waals surface area contributed by atoms with Crippen LogP contribution in [-0.2, 0) is 26.7 Å². The van der Waals surface area contributed by atoms with Gasteiger partial charge in [-0.3, -0.25) is 18.7 Å². The number of hydrogen-bond donors (Lipinski definition) is 0. The van der Waals surface area contributed by atoms with Crippen LogP contribution >= 0.6 is 0 Å². The largest absolute Gasteiger partial charge is 0.468 e. The Bertz CT molecular complexity index is 1400. The van der Waals surface area contributed by atoms with Gasteiger partial charge < -0.3 is 4.42 Å². The van der Waals surface area contributed by atoms with Crippen LogP contribution in [0, 0.1) is 6.92 Å². The smallest absolute Gasteiger partial charge is 0.262 e. The number of benzene rings is 2. The standard InChI is InChI=1S/C24H23N5O2/c1-17-10-11-21-20(13-17)23(30)27(2)24-26-25-22(29(21)24)16-28(15-19-9-6-12-31-19)14-18-7-4-3-5-8-18/h3-13H,14-16H2,1-2H3. The van der Waals surface area contributed by atoms with Crippen molar-refractivity contribution < 1.29 is 4.42 Å². The van der Waals surface area contributed by atoms with Crippen molar-refractivity contribution in [3.05, 3.63) is 100.0 Å². The summed E-state index contributed by atoms with van der Waals surface area (Å²) in [5, 5.41) is 9.46. The van der Waals surface area contributed by atoms with E-state index in [1.54, 1.807) is 17.9 Å². The summed E-state index contributed by atoms with van der Waals surface area (Å²) in [6, 6.07) is 20.1. The van der Waals surface area contributed by atoms with Crippen LogP contribution < -0.4 is 5.56 Å². The molecule has 3 heterocycles. The van der Waals surface area contributed by atoms with E-state index in [2.05, 4.69) is 27.2 Å². The Morgan fingerprint density at radius 1 is 0.968 bits per heavy atom. The van der Waals surface area contributed by atoms with Crippen molar-refractivity contribution in [3.8, 4) is 0 Å². The Morgan fingerprint density at radius 3 is 2.58 bits per heavy atom. The molecule has 5 rings (SSSR count). The third-order valence-electron chi connectivity index (χ3n) is 5.51. The number of nitrogens with zero attached hydrogens (tertiary/aromatic N) is 5. The van der Waals surface area contributed by atoms with Gasteiger partial charge in [-0.25, -0.2) is 0 Å². The molecule has 0 fully saturated rings. The van der Waals surface area contributed by atoms with Crippen LogP contribution in [0.1, 0.15) is 22.7 Å². The van der Waals surface area contributed by atoms with Gasteiger partial charge in [-0.15, -0.1) is 10.2 Å². The van der Waals surface area contributed by atoms with E-state index in [0.717, 1.165) is 29.2 Å². The second kappa shape index (κ2) is 7.85. The van der Waals surface area contributed by atoms with Crippen LogP contribution in [0.3, 0.4) is 0 Å². The van der Waals surface area contributed by atoms with E-state index in [-0.39, 0.29) is 5.56 Å². The first-order valence-corrected chi connectivity index (χ1v) is 10.2. The Hall–Kier alpha value is -3.71. The Balaban J connectivity index is 1.59. The predicted molar refractivity (Wildman–Crippen MR) is 119 cm³/mol. The molecule has 0 bridgehead atoms. The average Bonchev–Trinajstić information content (AvgIpc) is 3.43. The molecule has 0 N–H and O–H groups in total. The molecule has 0 unspecified atom stereocenters. The highest BCUT2D eigenvalue weighted by Gasteiger charge is 2.18. The van der Waals surface area contributed by atoms with E-state index in [1.165, 1.54) is 5.56 Å². The summed E-state index contributed by atoms with van der Waals surface area (Å²) >= 11 is 0. The van der Waals surface area contributed by atoms with E-state index in [1.807, 2.05) is 59.9 Å². The lowest BCUT2D eigenvalue weighted by Crippen LogP contribution is -2.25. The molecule has 0 saturated carbocycles. The molecule has 0 aliphatic heterocycles. The molecule has 0 spiro atoms. The zero-order chi connectivity index (χ0) is 21.4. The summed E-state index contributed by atoms with van der Waals surface area (Å²) in [7, 11) is 1.74. The van der Waals surface area contributed by atoms with Crippen LogP contribution in [0.5, 0.6) is 0 Å². The van der Waals surface area contributed by atoms with Crippen LogP contribution in [0.25, 0.3) is 16.7 Å². The van der Waals surface area contributed by atoms with Gasteiger partial charge in [-0.1, -0.05) is 42.0 Å². The van der Waals surface area contributed by atoms with Gasteiger partial charge in [0.15, 0.2) is 5.82 Å². The fourth-order valence-corrected chi connectivity index (χ4v) is 3.99. The Labute approximate surface area is 179 Å². The molecule has 3 aromatic heterocycles. The quantitative estimate of drug-likeness (QED) is 0.425. The first-order chi connectivity index (χ1) is 15.1. The average molecular weight is 413 g/mol. The van der Waals surface area contributed by atoms with Gasteiger partial charge in [0.05, 0.1) is 30.3 Å². The van der Waals surface area contributed by atoms with Gasteiger partial charge in [-0.2, -0.15) is 0 Å². The molecule has 0 aliphatic carbocycles. The van der Waals surface area contributed by atoms with E-state index in [0.29, 0.717) is 24.3 Å². The van der Waals surface area contributed by atoms with E-state index < -0.39 is 0 Å². The molecule has 5 aromatic rings. The monoisotopic (exact) mass is 413 g/mol. The number of aryl methyl sites for hydroxylation is 2. The van der Waals surface area contributed by atoms with Crippen molar-refractivity contribution in [3.63, 3.8) is 0 Å². The summed E-state index contributed by atoms with van der Waals surface area (Å²) in [6.45, 7) is 3.91. The van der Waals surface area contributed by atoms with Gasteiger partial charge in [-0.05, 0) is 36.8 Å². The first kappa shape index (κ1) is 19.3. The molecule has 7 nitrogen and oxygen atoms in total. The molecule has 31 heavy (non-hydrogen) atoms. The molecule has 0 saturated heterocycles. The maximum atomic E-state index is 12.8. The minimum absolute atomic E-state index is 0.0677. The molecule has 2 aromatic carbocycles. The third-order valence-corrected chi connectivity index (χ3v) is 5.51. The molecule has 0 radical (unpaired) electrons. The van der Waals surface area contributed by atoms with Crippen LogP contribution in [0.15, 0.2) is 76.1 Å². The molecule has 156 valence electrons. The lowest BCUT2D eigenvalue weighted by molar-refractivity contribution is 0.221. The number of hydrogen-bond acceptors (Lipinski definition) is 5. The third kappa shape index (κ3) is 3.64. The highest BCUT2D eigenvalue weighted by atomic mass is 16.3. The number of aromatic nitrogens is 4. The summed E-state index contributed by atoms with van der Waals surface area (Å²) in [4.78, 5) is 15.1. The molecule has 0 aliphatic rings. The Morgan fingerprint density at radius 2 is 1.81 bits per heavy atom. The van der Waals surface area contributed by atoms with Crippen LogP contribution in [0.2, 0.25) is 0 Å². The minimum Gasteiger partial charge on any atom is -0.468 e. The summed E-state index contributed by atoms with van der Waals surface area (Å²) in [6.07, 6.45) is 1.69. The van der Waals surface area contributed by atoms with Crippen molar-refractivity contribution in [1.29, 1.82) is 0 Å². The molecule has 0 atom stereocenters. The van der Waals surface area contributed by atoms with Gasteiger partial charge >= 0.3 is 0 Å². The minimum atomic E-state index is -0.0677. The van der Waals surface area contributed by atoms with Gasteiger partial charge in [0.1, 0.15) is 5.76 Å². The molecular weight excluding hydrogens is 390 g/mol. The summed E-state index contributed by atoms with van der Waals surface area (Å²) in [5.41, 5.74) is 3.00. The molecule has 7 heteroatoms. The zero-order valence-corrected chi connectivity index (χ0v) is 17.5. The highest BCUT2D eigenvalue weighted by molar-refractivity contribution is 5.81. The van der Waals surface area contributed by atoms with Crippen molar-refractivity contribution >= 4 is 16.7 Å². The van der Waals surface area contributed by atoms with Crippen molar-refractivity contribution in [2.45, 2.75) is 26.6 Å². The van der Waals surface area contributed by atoms with Crippen LogP contribution in [0.4, 0.5) is 0 Å².